The number of piperidine rings is 1. The van der Waals surface area contributed by atoms with E-state index in [2.05, 4.69) is 37.9 Å². The Balaban J connectivity index is 2.02. The molecule has 0 saturated carbocycles. The summed E-state index contributed by atoms with van der Waals surface area (Å²) in [4.78, 5) is 13.3. The van der Waals surface area contributed by atoms with Crippen molar-refractivity contribution in [3.63, 3.8) is 0 Å². The molecule has 0 aromatic carbocycles. The summed E-state index contributed by atoms with van der Waals surface area (Å²) < 4.78 is 4.64. The number of halogens is 1. The quantitative estimate of drug-likeness (QED) is 0.455. The Hall–Kier alpha value is -0.130. The third-order valence-corrected chi connectivity index (χ3v) is 4.05. The van der Waals surface area contributed by atoms with E-state index in [0.29, 0.717) is 6.54 Å². The molecule has 0 aliphatic carbocycles. The van der Waals surface area contributed by atoms with Crippen molar-refractivity contribution in [3.05, 3.63) is 0 Å². The number of methoxy groups -OCH3 is 1. The third-order valence-electron chi connectivity index (χ3n) is 3.35. The van der Waals surface area contributed by atoms with E-state index in [9.17, 15) is 4.79 Å². The Kier molecular flexibility index (Phi) is 7.08. The molecule has 1 unspecified atom stereocenters. The minimum atomic E-state index is -0.231. The van der Waals surface area contributed by atoms with Gasteiger partial charge in [0.05, 0.1) is 7.11 Å². The van der Waals surface area contributed by atoms with Crippen LogP contribution in [0.5, 0.6) is 0 Å². The summed E-state index contributed by atoms with van der Waals surface area (Å²) in [7, 11) is 3.59. The van der Waals surface area contributed by atoms with Crippen LogP contribution in [0.25, 0.3) is 0 Å². The molecule has 0 amide bonds. The van der Waals surface area contributed by atoms with E-state index in [0.717, 1.165) is 12.5 Å². The summed E-state index contributed by atoms with van der Waals surface area (Å²) in [6.45, 7) is 4.05. The number of nitrogens with zero attached hydrogens (tertiary/aromatic N) is 1. The molecule has 0 aromatic heterocycles. The van der Waals surface area contributed by atoms with Gasteiger partial charge in [0.25, 0.3) is 0 Å². The number of ether oxygens (including phenoxy) is 1. The molecule has 100 valence electrons. The zero-order valence-electron chi connectivity index (χ0n) is 10.7. The fraction of sp³-hybridized carbons (Fsp3) is 0.917. The number of hydrogen-bond donors (Lipinski definition) is 1. The Bertz CT molecular complexity index is 231. The van der Waals surface area contributed by atoms with Crippen LogP contribution in [0.15, 0.2) is 0 Å². The van der Waals surface area contributed by atoms with E-state index in [-0.39, 0.29) is 10.8 Å². The van der Waals surface area contributed by atoms with Crippen molar-refractivity contribution in [2.75, 3.05) is 40.3 Å². The van der Waals surface area contributed by atoms with Crippen molar-refractivity contribution in [3.8, 4) is 0 Å². The van der Waals surface area contributed by atoms with Gasteiger partial charge in [0.1, 0.15) is 4.83 Å². The standard InChI is InChI=1S/C12H23BrN2O2/c1-15-7-4-10(5-8-15)3-6-14-9-11(13)12(16)17-2/h10-11,14H,3-9H2,1-2H3. The lowest BCUT2D eigenvalue weighted by Gasteiger charge is -2.28. The number of rotatable bonds is 6. The number of alkyl halides is 1. The number of carbonyl (C=O) groups excluding carboxylic acids is 1. The summed E-state index contributed by atoms with van der Waals surface area (Å²) in [5.41, 5.74) is 0. The molecular formula is C12H23BrN2O2. The average molecular weight is 307 g/mol. The molecule has 5 heteroatoms. The van der Waals surface area contributed by atoms with Crippen molar-refractivity contribution in [2.24, 2.45) is 5.92 Å². The molecule has 0 aromatic rings. The Morgan fingerprint density at radius 3 is 2.76 bits per heavy atom. The highest BCUT2D eigenvalue weighted by atomic mass is 79.9. The van der Waals surface area contributed by atoms with E-state index in [1.807, 2.05) is 0 Å². The topological polar surface area (TPSA) is 41.6 Å². The van der Waals surface area contributed by atoms with Gasteiger partial charge >= 0.3 is 5.97 Å². The van der Waals surface area contributed by atoms with E-state index in [4.69, 9.17) is 0 Å². The maximum Gasteiger partial charge on any atom is 0.320 e. The molecule has 1 rings (SSSR count). The van der Waals surface area contributed by atoms with Gasteiger partial charge in [0, 0.05) is 6.54 Å². The summed E-state index contributed by atoms with van der Waals surface area (Å²) in [5, 5.41) is 3.30. The maximum atomic E-state index is 11.1. The first-order chi connectivity index (χ1) is 8.13. The van der Waals surface area contributed by atoms with Crippen LogP contribution in [0.4, 0.5) is 0 Å². The van der Waals surface area contributed by atoms with Crippen molar-refractivity contribution in [1.29, 1.82) is 0 Å². The van der Waals surface area contributed by atoms with Gasteiger partial charge in [-0.15, -0.1) is 0 Å². The van der Waals surface area contributed by atoms with Gasteiger partial charge in [-0.25, -0.2) is 0 Å². The van der Waals surface area contributed by atoms with E-state index in [1.54, 1.807) is 0 Å². The molecule has 0 radical (unpaired) electrons. The molecular weight excluding hydrogens is 284 g/mol. The van der Waals surface area contributed by atoms with Crippen molar-refractivity contribution in [1.82, 2.24) is 10.2 Å². The van der Waals surface area contributed by atoms with Gasteiger partial charge in [-0.2, -0.15) is 0 Å². The lowest BCUT2D eigenvalue weighted by molar-refractivity contribution is -0.139. The SMILES string of the molecule is COC(=O)C(Br)CNCCC1CCN(C)CC1. The molecule has 1 aliphatic rings. The normalized spacial score (nSPS) is 20.2. The van der Waals surface area contributed by atoms with Gasteiger partial charge in [-0.05, 0) is 51.9 Å². The van der Waals surface area contributed by atoms with Crippen molar-refractivity contribution in [2.45, 2.75) is 24.1 Å². The average Bonchev–Trinajstić information content (AvgIpc) is 2.35. The molecule has 17 heavy (non-hydrogen) atoms. The van der Waals surface area contributed by atoms with Crippen LogP contribution in [0.2, 0.25) is 0 Å². The van der Waals surface area contributed by atoms with Crippen LogP contribution in [0.3, 0.4) is 0 Å². The fourth-order valence-electron chi connectivity index (χ4n) is 2.10. The lowest BCUT2D eigenvalue weighted by Crippen LogP contribution is -2.33. The van der Waals surface area contributed by atoms with E-state index >= 15 is 0 Å². The molecule has 0 bridgehead atoms. The molecule has 1 fully saturated rings. The zero-order valence-corrected chi connectivity index (χ0v) is 12.3. The predicted molar refractivity (Wildman–Crippen MR) is 72.4 cm³/mol. The van der Waals surface area contributed by atoms with Gasteiger partial charge in [-0.3, -0.25) is 4.79 Å². The van der Waals surface area contributed by atoms with Crippen LogP contribution in [0, 0.1) is 5.92 Å². The van der Waals surface area contributed by atoms with Crippen LogP contribution in [-0.4, -0.2) is 56.0 Å². The predicted octanol–water partition coefficient (Wildman–Crippen LogP) is 1.24. The maximum absolute atomic E-state index is 11.1. The second-order valence-corrected chi connectivity index (χ2v) is 5.84. The van der Waals surface area contributed by atoms with Crippen LogP contribution in [0.1, 0.15) is 19.3 Å². The third kappa shape index (κ3) is 5.84. The Labute approximate surface area is 112 Å². The largest absolute Gasteiger partial charge is 0.468 e. The van der Waals surface area contributed by atoms with Gasteiger partial charge in [-0.1, -0.05) is 15.9 Å². The second-order valence-electron chi connectivity index (χ2n) is 4.73. The van der Waals surface area contributed by atoms with E-state index in [1.165, 1.54) is 39.5 Å². The van der Waals surface area contributed by atoms with E-state index < -0.39 is 0 Å². The molecule has 1 N–H and O–H groups in total. The molecule has 1 saturated heterocycles. The van der Waals surface area contributed by atoms with Crippen LogP contribution in [-0.2, 0) is 9.53 Å². The number of nitrogens with one attached hydrogen (secondary N) is 1. The van der Waals surface area contributed by atoms with Crippen molar-refractivity contribution < 1.29 is 9.53 Å². The highest BCUT2D eigenvalue weighted by Gasteiger charge is 2.17. The minimum absolute atomic E-state index is 0.211. The molecule has 0 spiro atoms. The highest BCUT2D eigenvalue weighted by Crippen LogP contribution is 2.18. The fourth-order valence-corrected chi connectivity index (χ4v) is 2.51. The molecule has 1 heterocycles. The van der Waals surface area contributed by atoms with Crippen LogP contribution < -0.4 is 5.32 Å². The van der Waals surface area contributed by atoms with Crippen molar-refractivity contribution >= 4 is 21.9 Å². The number of carbonyl (C=O) groups is 1. The monoisotopic (exact) mass is 306 g/mol. The summed E-state index contributed by atoms with van der Waals surface area (Å²) >= 11 is 3.29. The first kappa shape index (κ1) is 14.9. The zero-order chi connectivity index (χ0) is 12.7. The Morgan fingerprint density at radius 2 is 2.18 bits per heavy atom. The highest BCUT2D eigenvalue weighted by molar-refractivity contribution is 9.10. The number of esters is 1. The summed E-state index contributed by atoms with van der Waals surface area (Å²) in [6.07, 6.45) is 3.80. The number of likely N-dealkylation sites (tertiary alicyclic amines) is 1. The molecule has 1 atom stereocenters. The Morgan fingerprint density at radius 1 is 1.53 bits per heavy atom. The lowest BCUT2D eigenvalue weighted by atomic mass is 9.94. The molecule has 1 aliphatic heterocycles. The first-order valence-corrected chi connectivity index (χ1v) is 7.16. The first-order valence-electron chi connectivity index (χ1n) is 6.24. The minimum Gasteiger partial charge on any atom is -0.468 e. The van der Waals surface area contributed by atoms with Gasteiger partial charge in [0.15, 0.2) is 0 Å². The van der Waals surface area contributed by atoms with Gasteiger partial charge < -0.3 is 15.0 Å². The smallest absolute Gasteiger partial charge is 0.320 e. The summed E-state index contributed by atoms with van der Waals surface area (Å²) in [5.74, 6) is 0.627. The number of hydrogen-bond acceptors (Lipinski definition) is 4. The molecule has 4 nitrogen and oxygen atoms in total. The van der Waals surface area contributed by atoms with Crippen LogP contribution >= 0.6 is 15.9 Å². The second kappa shape index (κ2) is 8.06. The summed E-state index contributed by atoms with van der Waals surface area (Å²) in [6, 6.07) is 0. The van der Waals surface area contributed by atoms with Gasteiger partial charge in [0.2, 0.25) is 0 Å².